The maximum Gasteiger partial charge on any atom is 0.340 e. The molecule has 1 N–H and O–H groups in total. The van der Waals surface area contributed by atoms with Crippen molar-refractivity contribution in [2.75, 3.05) is 13.7 Å². The van der Waals surface area contributed by atoms with Gasteiger partial charge in [-0.1, -0.05) is 70.2 Å². The predicted octanol–water partition coefficient (Wildman–Crippen LogP) is 4.85. The number of carboxylic acid groups (broad SMARTS) is 1. The van der Waals surface area contributed by atoms with Crippen molar-refractivity contribution in [3.8, 4) is 17.0 Å². The predicted molar refractivity (Wildman–Crippen MR) is 170 cm³/mol. The number of hydrogen-bond donors (Lipinski definition) is 1. The molecule has 0 amide bonds. The van der Waals surface area contributed by atoms with Crippen LogP contribution in [0.4, 0.5) is 0 Å². The number of pyridine rings is 2. The minimum atomic E-state index is -1.38. The summed E-state index contributed by atoms with van der Waals surface area (Å²) in [6.45, 7) is 6.63. The normalized spacial score (nSPS) is 11.4. The Bertz CT molecular complexity index is 2060. The highest BCUT2D eigenvalue weighted by molar-refractivity contribution is 6.07. The number of aromatic nitrogens is 4. The third-order valence-electron chi connectivity index (χ3n) is 7.35. The summed E-state index contributed by atoms with van der Waals surface area (Å²) in [6.07, 6.45) is 0. The van der Waals surface area contributed by atoms with E-state index >= 15 is 0 Å². The van der Waals surface area contributed by atoms with Crippen molar-refractivity contribution in [1.82, 2.24) is 19.1 Å². The van der Waals surface area contributed by atoms with Crippen LogP contribution in [0.25, 0.3) is 33.2 Å². The van der Waals surface area contributed by atoms with Gasteiger partial charge >= 0.3 is 17.6 Å². The van der Waals surface area contributed by atoms with E-state index in [2.05, 4.69) is 0 Å². The molecule has 0 radical (unpaired) electrons. The first-order chi connectivity index (χ1) is 21.5. The first kappa shape index (κ1) is 31.1. The van der Waals surface area contributed by atoms with Crippen LogP contribution in [0.1, 0.15) is 55.2 Å². The largest absolute Gasteiger partial charge is 0.496 e. The van der Waals surface area contributed by atoms with Crippen LogP contribution >= 0.6 is 0 Å². The molecule has 11 heteroatoms. The lowest BCUT2D eigenvalue weighted by molar-refractivity contribution is -0.137. The summed E-state index contributed by atoms with van der Waals surface area (Å²) < 4.78 is 13.1. The number of hydrogen-bond acceptors (Lipinski definition) is 8. The monoisotopic (exact) mass is 610 g/mol. The Morgan fingerprint density at radius 3 is 2.31 bits per heavy atom. The van der Waals surface area contributed by atoms with E-state index in [0.29, 0.717) is 27.1 Å². The lowest BCUT2D eigenvalue weighted by atomic mass is 9.94. The van der Waals surface area contributed by atoms with Gasteiger partial charge in [0.1, 0.15) is 12.3 Å². The zero-order chi connectivity index (χ0) is 32.4. The van der Waals surface area contributed by atoms with Crippen molar-refractivity contribution >= 4 is 33.9 Å². The van der Waals surface area contributed by atoms with Crippen molar-refractivity contribution in [2.24, 2.45) is 5.92 Å². The number of carbonyl (C=O) groups excluding carboxylic acids is 1. The van der Waals surface area contributed by atoms with Crippen LogP contribution in [0.5, 0.6) is 5.75 Å². The number of aliphatic carboxylic acids is 1. The fourth-order valence-corrected chi connectivity index (χ4v) is 5.27. The summed E-state index contributed by atoms with van der Waals surface area (Å²) in [5.74, 6) is -1.90. The minimum Gasteiger partial charge on any atom is -0.496 e. The lowest BCUT2D eigenvalue weighted by Gasteiger charge is -2.21. The molecule has 0 atom stereocenters. The number of carbonyl (C=O) groups is 2. The Labute approximate surface area is 258 Å². The second-order valence-corrected chi connectivity index (χ2v) is 11.4. The van der Waals surface area contributed by atoms with Crippen LogP contribution in [0, 0.1) is 5.92 Å². The van der Waals surface area contributed by atoms with Crippen molar-refractivity contribution in [2.45, 2.75) is 46.7 Å². The highest BCUT2D eigenvalue weighted by atomic mass is 16.5. The lowest BCUT2D eigenvalue weighted by Crippen LogP contribution is -2.42. The molecule has 0 aliphatic carbocycles. The first-order valence-electron chi connectivity index (χ1n) is 14.6. The molecule has 3 heterocycles. The average Bonchev–Trinajstić information content (AvgIpc) is 3.02. The van der Waals surface area contributed by atoms with Gasteiger partial charge in [-0.25, -0.2) is 24.1 Å². The zero-order valence-electron chi connectivity index (χ0n) is 25.7. The molecule has 0 spiro atoms. The van der Waals surface area contributed by atoms with Crippen molar-refractivity contribution in [3.05, 3.63) is 98.3 Å². The van der Waals surface area contributed by atoms with E-state index in [-0.39, 0.29) is 52.8 Å². The summed E-state index contributed by atoms with van der Waals surface area (Å²) >= 11 is 0. The van der Waals surface area contributed by atoms with E-state index < -0.39 is 29.7 Å². The number of nitrogens with zero attached hydrogens (tertiary/aromatic N) is 4. The highest BCUT2D eigenvalue weighted by Gasteiger charge is 2.30. The molecule has 0 saturated heterocycles. The van der Waals surface area contributed by atoms with Crippen molar-refractivity contribution in [3.63, 3.8) is 0 Å². The van der Waals surface area contributed by atoms with Gasteiger partial charge in [-0.15, -0.1) is 0 Å². The molecule has 0 aliphatic heterocycles. The van der Waals surface area contributed by atoms with Crippen LogP contribution in [0.3, 0.4) is 0 Å². The summed E-state index contributed by atoms with van der Waals surface area (Å²) in [7, 11) is 1.50. The summed E-state index contributed by atoms with van der Waals surface area (Å²) in [6, 6.07) is 18.0. The molecular weight excluding hydrogens is 576 g/mol. The topological polar surface area (TPSA) is 143 Å². The fraction of sp³-hybridized carbons (Fsp3) is 0.294. The van der Waals surface area contributed by atoms with E-state index in [9.17, 15) is 24.3 Å². The van der Waals surface area contributed by atoms with E-state index in [1.54, 1.807) is 30.3 Å². The zero-order valence-corrected chi connectivity index (χ0v) is 25.7. The van der Waals surface area contributed by atoms with Gasteiger partial charge in [-0.05, 0) is 30.0 Å². The second kappa shape index (κ2) is 12.7. The second-order valence-electron chi connectivity index (χ2n) is 11.4. The Morgan fingerprint density at radius 2 is 1.62 bits per heavy atom. The van der Waals surface area contributed by atoms with Crippen LogP contribution in [0.15, 0.2) is 70.3 Å². The summed E-state index contributed by atoms with van der Waals surface area (Å²) in [5, 5.41) is 10.4. The van der Waals surface area contributed by atoms with Gasteiger partial charge in [0.2, 0.25) is 0 Å². The number of rotatable bonds is 10. The molecule has 0 bridgehead atoms. The number of carboxylic acids is 1. The SMILES string of the molecule is COc1ccccc1Cn1c(=O)n(CC(=O)O)c(=O)c2c(-c3ccc4ccccc4n3)c(C(=O)OCC(C)C)c(C(C)C)nc21. The number of methoxy groups -OCH3 is 1. The van der Waals surface area contributed by atoms with Crippen molar-refractivity contribution in [1.29, 1.82) is 0 Å². The molecule has 5 rings (SSSR count). The fourth-order valence-electron chi connectivity index (χ4n) is 5.27. The standard InChI is InChI=1S/C34H34N4O7/c1-19(2)18-45-33(42)28-27(24-15-14-21-10-6-8-12-23(21)35-24)29-31(36-30(28)20(3)4)37(16-22-11-7-9-13-25(22)44-5)34(43)38(32(29)41)17-26(39)40/h6-15,19-20H,16-18H2,1-5H3,(H,39,40). The molecule has 5 aromatic rings. The van der Waals surface area contributed by atoms with Crippen LogP contribution in [-0.4, -0.2) is 49.9 Å². The van der Waals surface area contributed by atoms with Crippen molar-refractivity contribution < 1.29 is 24.2 Å². The Hall–Kier alpha value is -5.32. The third-order valence-corrected chi connectivity index (χ3v) is 7.35. The highest BCUT2D eigenvalue weighted by Crippen LogP contribution is 2.35. The first-order valence-corrected chi connectivity index (χ1v) is 14.6. The van der Waals surface area contributed by atoms with Crippen LogP contribution < -0.4 is 16.0 Å². The Balaban J connectivity index is 1.98. The van der Waals surface area contributed by atoms with E-state index in [1.807, 2.05) is 58.0 Å². The maximum absolute atomic E-state index is 14.2. The average molecular weight is 611 g/mol. The molecule has 3 aromatic heterocycles. The van der Waals surface area contributed by atoms with E-state index in [0.717, 1.165) is 5.39 Å². The number of fused-ring (bicyclic) bond motifs is 2. The number of ether oxygens (including phenoxy) is 2. The van der Waals surface area contributed by atoms with Gasteiger partial charge in [0.15, 0.2) is 5.65 Å². The Morgan fingerprint density at radius 1 is 0.911 bits per heavy atom. The number of esters is 1. The Kier molecular flexibility index (Phi) is 8.80. The van der Waals surface area contributed by atoms with Crippen LogP contribution in [0.2, 0.25) is 0 Å². The summed E-state index contributed by atoms with van der Waals surface area (Å²) in [4.78, 5) is 63.6. The van der Waals surface area contributed by atoms with E-state index in [1.165, 1.54) is 11.7 Å². The maximum atomic E-state index is 14.2. The molecule has 2 aromatic carbocycles. The molecule has 11 nitrogen and oxygen atoms in total. The quantitative estimate of drug-likeness (QED) is 0.220. The van der Waals surface area contributed by atoms with Gasteiger partial charge in [0.05, 0.1) is 48.1 Å². The van der Waals surface area contributed by atoms with Gasteiger partial charge in [0, 0.05) is 16.5 Å². The molecular formula is C34H34N4O7. The molecule has 45 heavy (non-hydrogen) atoms. The number of benzene rings is 2. The van der Waals surface area contributed by atoms with Gasteiger partial charge in [0.25, 0.3) is 5.56 Å². The van der Waals surface area contributed by atoms with Crippen LogP contribution in [-0.2, 0) is 22.6 Å². The molecule has 232 valence electrons. The number of para-hydroxylation sites is 2. The van der Waals surface area contributed by atoms with E-state index in [4.69, 9.17) is 19.4 Å². The molecule has 0 unspecified atom stereocenters. The van der Waals surface area contributed by atoms with Gasteiger partial charge in [-0.3, -0.25) is 14.2 Å². The minimum absolute atomic E-state index is 0.00777. The molecule has 0 fully saturated rings. The molecule has 0 saturated carbocycles. The summed E-state index contributed by atoms with van der Waals surface area (Å²) in [5.41, 5.74) is 0.194. The van der Waals surface area contributed by atoms with Gasteiger partial charge in [-0.2, -0.15) is 0 Å². The smallest absolute Gasteiger partial charge is 0.340 e. The third kappa shape index (κ3) is 6.06. The van der Waals surface area contributed by atoms with Gasteiger partial charge < -0.3 is 14.6 Å². The molecule has 0 aliphatic rings.